The Labute approximate surface area is 197 Å². The summed E-state index contributed by atoms with van der Waals surface area (Å²) in [6, 6.07) is 19.8. The summed E-state index contributed by atoms with van der Waals surface area (Å²) in [6.45, 7) is 6.00. The van der Waals surface area contributed by atoms with Crippen LogP contribution in [0.4, 0.5) is 11.4 Å². The molecule has 172 valence electrons. The summed E-state index contributed by atoms with van der Waals surface area (Å²) < 4.78 is 16.5. The second kappa shape index (κ2) is 8.59. The lowest BCUT2D eigenvalue weighted by molar-refractivity contribution is -0.120. The van der Waals surface area contributed by atoms with Gasteiger partial charge in [0, 0.05) is 11.8 Å². The molecule has 0 aliphatic carbocycles. The number of fused-ring (bicyclic) bond motifs is 1. The van der Waals surface area contributed by atoms with E-state index in [1.807, 2.05) is 45.0 Å². The number of nitrogens with one attached hydrogen (secondary N) is 1. The summed E-state index contributed by atoms with van der Waals surface area (Å²) in [7, 11) is 0. The van der Waals surface area contributed by atoms with Gasteiger partial charge in [0.15, 0.2) is 11.5 Å². The third-order valence-electron chi connectivity index (χ3n) is 5.53. The molecule has 34 heavy (non-hydrogen) atoms. The Morgan fingerprint density at radius 3 is 2.29 bits per heavy atom. The van der Waals surface area contributed by atoms with E-state index in [4.69, 9.17) is 14.2 Å². The third-order valence-corrected chi connectivity index (χ3v) is 5.53. The zero-order valence-electron chi connectivity index (χ0n) is 19.1. The number of aryl methyl sites for hydroxylation is 1. The first-order chi connectivity index (χ1) is 16.4. The SMILES string of the molecule is Cc1ccc(C2=C(Nc3ccc4c(c3)OCO4)C(=O)N(c3ccc(OC(C)C)cc3)C2=O)cc1. The highest BCUT2D eigenvalue weighted by atomic mass is 16.7. The molecule has 0 radical (unpaired) electrons. The van der Waals surface area contributed by atoms with Crippen molar-refractivity contribution in [1.82, 2.24) is 0 Å². The van der Waals surface area contributed by atoms with Crippen LogP contribution in [0.2, 0.25) is 0 Å². The molecule has 1 N–H and O–H groups in total. The highest BCUT2D eigenvalue weighted by Gasteiger charge is 2.40. The molecule has 0 saturated heterocycles. The molecule has 0 unspecified atom stereocenters. The summed E-state index contributed by atoms with van der Waals surface area (Å²) in [6.07, 6.45) is 0.0215. The Kier molecular flexibility index (Phi) is 5.45. The number of carbonyl (C=O) groups is 2. The first-order valence-corrected chi connectivity index (χ1v) is 11.0. The Bertz CT molecular complexity index is 1290. The van der Waals surface area contributed by atoms with Gasteiger partial charge in [0.2, 0.25) is 6.79 Å². The van der Waals surface area contributed by atoms with E-state index in [1.54, 1.807) is 42.5 Å². The van der Waals surface area contributed by atoms with Crippen LogP contribution < -0.4 is 24.4 Å². The molecule has 0 bridgehead atoms. The zero-order chi connectivity index (χ0) is 23.8. The van der Waals surface area contributed by atoms with E-state index in [2.05, 4.69) is 5.32 Å². The van der Waals surface area contributed by atoms with Crippen LogP contribution in [-0.4, -0.2) is 24.7 Å². The Balaban J connectivity index is 1.53. The molecule has 3 aromatic rings. The zero-order valence-corrected chi connectivity index (χ0v) is 19.1. The molecule has 2 aliphatic rings. The maximum absolute atomic E-state index is 13.6. The third kappa shape index (κ3) is 3.96. The minimum atomic E-state index is -0.434. The quantitative estimate of drug-likeness (QED) is 0.532. The predicted octanol–water partition coefficient (Wildman–Crippen LogP) is 4.91. The highest BCUT2D eigenvalue weighted by Crippen LogP contribution is 2.38. The van der Waals surface area contributed by atoms with Gasteiger partial charge in [-0.25, -0.2) is 4.90 Å². The number of hydrogen-bond acceptors (Lipinski definition) is 6. The Hall–Kier alpha value is -4.26. The number of rotatable bonds is 6. The van der Waals surface area contributed by atoms with Gasteiger partial charge in [0.25, 0.3) is 11.8 Å². The number of ether oxygens (including phenoxy) is 3. The normalized spacial score (nSPS) is 14.9. The topological polar surface area (TPSA) is 77.1 Å². The summed E-state index contributed by atoms with van der Waals surface area (Å²) >= 11 is 0. The fourth-order valence-electron chi connectivity index (χ4n) is 3.93. The van der Waals surface area contributed by atoms with Crippen LogP contribution in [0.3, 0.4) is 0 Å². The van der Waals surface area contributed by atoms with E-state index in [0.717, 1.165) is 5.56 Å². The molecule has 2 amide bonds. The highest BCUT2D eigenvalue weighted by molar-refractivity contribution is 6.46. The van der Waals surface area contributed by atoms with E-state index in [1.165, 1.54) is 4.90 Å². The van der Waals surface area contributed by atoms with Gasteiger partial charge in [0.05, 0.1) is 17.4 Å². The van der Waals surface area contributed by atoms with E-state index >= 15 is 0 Å². The van der Waals surface area contributed by atoms with Gasteiger partial charge in [0.1, 0.15) is 11.4 Å². The minimum Gasteiger partial charge on any atom is -0.491 e. The van der Waals surface area contributed by atoms with Gasteiger partial charge >= 0.3 is 0 Å². The first-order valence-electron chi connectivity index (χ1n) is 11.0. The van der Waals surface area contributed by atoms with Gasteiger partial charge in [-0.1, -0.05) is 29.8 Å². The standard InChI is InChI=1S/C27H24N2O5/c1-16(2)34-21-11-9-20(10-12-21)29-26(30)24(18-6-4-17(3)5-7-18)25(27(29)31)28-19-8-13-22-23(14-19)33-15-32-22/h4-14,16,28H,15H2,1-3H3. The molecule has 0 saturated carbocycles. The van der Waals surface area contributed by atoms with Crippen molar-refractivity contribution in [1.29, 1.82) is 0 Å². The number of anilines is 2. The minimum absolute atomic E-state index is 0.0215. The fourth-order valence-corrected chi connectivity index (χ4v) is 3.93. The lowest BCUT2D eigenvalue weighted by Gasteiger charge is -2.17. The average molecular weight is 456 g/mol. The largest absolute Gasteiger partial charge is 0.491 e. The summed E-state index contributed by atoms with van der Waals surface area (Å²) in [4.78, 5) is 28.3. The lowest BCUT2D eigenvalue weighted by Crippen LogP contribution is -2.32. The molecule has 2 aliphatic heterocycles. The van der Waals surface area contributed by atoms with E-state index in [0.29, 0.717) is 39.8 Å². The van der Waals surface area contributed by atoms with Crippen molar-refractivity contribution in [2.45, 2.75) is 26.9 Å². The number of benzene rings is 3. The average Bonchev–Trinajstić information content (AvgIpc) is 3.37. The number of amides is 2. The molecule has 0 fully saturated rings. The second-order valence-electron chi connectivity index (χ2n) is 8.42. The smallest absolute Gasteiger partial charge is 0.282 e. The molecule has 5 rings (SSSR count). The van der Waals surface area contributed by atoms with Crippen LogP contribution in [0.15, 0.2) is 72.4 Å². The van der Waals surface area contributed by atoms with Gasteiger partial charge < -0.3 is 19.5 Å². The molecular formula is C27H24N2O5. The van der Waals surface area contributed by atoms with Crippen molar-refractivity contribution in [2.75, 3.05) is 17.0 Å². The number of imide groups is 1. The van der Waals surface area contributed by atoms with Crippen LogP contribution in [-0.2, 0) is 9.59 Å². The Morgan fingerprint density at radius 1 is 0.882 bits per heavy atom. The molecule has 3 aromatic carbocycles. The number of carbonyl (C=O) groups excluding carboxylic acids is 2. The van der Waals surface area contributed by atoms with E-state index in [9.17, 15) is 9.59 Å². The van der Waals surface area contributed by atoms with Gasteiger partial charge in [-0.3, -0.25) is 9.59 Å². The molecule has 7 nitrogen and oxygen atoms in total. The van der Waals surface area contributed by atoms with Gasteiger partial charge in [-0.2, -0.15) is 0 Å². The maximum atomic E-state index is 13.6. The van der Waals surface area contributed by atoms with Crippen molar-refractivity contribution in [2.24, 2.45) is 0 Å². The van der Waals surface area contributed by atoms with Crippen LogP contribution >= 0.6 is 0 Å². The van der Waals surface area contributed by atoms with Gasteiger partial charge in [-0.05, 0) is 62.7 Å². The lowest BCUT2D eigenvalue weighted by atomic mass is 10.0. The number of hydrogen-bond donors (Lipinski definition) is 1. The van der Waals surface area contributed by atoms with Crippen LogP contribution in [0.25, 0.3) is 5.57 Å². The maximum Gasteiger partial charge on any atom is 0.282 e. The molecule has 0 atom stereocenters. The molecule has 7 heteroatoms. The van der Waals surface area contributed by atoms with Crippen LogP contribution in [0.5, 0.6) is 17.2 Å². The van der Waals surface area contributed by atoms with Crippen molar-refractivity contribution < 1.29 is 23.8 Å². The van der Waals surface area contributed by atoms with Crippen molar-refractivity contribution in [3.63, 3.8) is 0 Å². The van der Waals surface area contributed by atoms with Crippen LogP contribution in [0, 0.1) is 6.92 Å². The molecule has 0 aromatic heterocycles. The van der Waals surface area contributed by atoms with E-state index < -0.39 is 11.8 Å². The molecule has 0 spiro atoms. The second-order valence-corrected chi connectivity index (χ2v) is 8.42. The van der Waals surface area contributed by atoms with Crippen molar-refractivity contribution in [3.05, 3.63) is 83.6 Å². The fraction of sp³-hybridized carbons (Fsp3) is 0.185. The summed E-state index contributed by atoms with van der Waals surface area (Å²) in [5, 5.41) is 3.16. The number of nitrogens with zero attached hydrogens (tertiary/aromatic N) is 1. The van der Waals surface area contributed by atoms with Crippen LogP contribution in [0.1, 0.15) is 25.0 Å². The Morgan fingerprint density at radius 2 is 1.59 bits per heavy atom. The summed E-state index contributed by atoms with van der Waals surface area (Å²) in [5.74, 6) is 1.06. The molecule has 2 heterocycles. The van der Waals surface area contributed by atoms with E-state index in [-0.39, 0.29) is 18.6 Å². The summed E-state index contributed by atoms with van der Waals surface area (Å²) in [5.41, 5.74) is 3.32. The van der Waals surface area contributed by atoms with Crippen molar-refractivity contribution >= 4 is 28.8 Å². The monoisotopic (exact) mass is 456 g/mol. The molecular weight excluding hydrogens is 432 g/mol. The van der Waals surface area contributed by atoms with Gasteiger partial charge in [-0.15, -0.1) is 0 Å². The van der Waals surface area contributed by atoms with Crippen molar-refractivity contribution in [3.8, 4) is 17.2 Å². The predicted molar refractivity (Wildman–Crippen MR) is 129 cm³/mol. The first kappa shape index (κ1) is 21.6.